The summed E-state index contributed by atoms with van der Waals surface area (Å²) in [5, 5.41) is 5.40. The lowest BCUT2D eigenvalue weighted by molar-refractivity contribution is -0.140. The van der Waals surface area contributed by atoms with E-state index in [4.69, 9.17) is 4.74 Å². The molecular formula is C41H54N8O6. The van der Waals surface area contributed by atoms with E-state index in [1.807, 2.05) is 18.7 Å². The van der Waals surface area contributed by atoms with Crippen LogP contribution < -0.4 is 10.6 Å². The summed E-state index contributed by atoms with van der Waals surface area (Å²) < 4.78 is 9.06. The molecule has 1 unspecified atom stereocenters. The average Bonchev–Trinajstić information content (AvgIpc) is 4.01. The van der Waals surface area contributed by atoms with Crippen molar-refractivity contribution in [3.63, 3.8) is 0 Å². The summed E-state index contributed by atoms with van der Waals surface area (Å²) in [7, 11) is 4.54. The van der Waals surface area contributed by atoms with Crippen molar-refractivity contribution in [1.29, 1.82) is 0 Å². The van der Waals surface area contributed by atoms with Gasteiger partial charge in [-0.05, 0) is 74.6 Å². The van der Waals surface area contributed by atoms with Crippen molar-refractivity contribution in [2.45, 2.75) is 83.5 Å². The van der Waals surface area contributed by atoms with Gasteiger partial charge >= 0.3 is 6.09 Å². The number of nitrogens with one attached hydrogen (secondary N) is 4. The molecule has 0 saturated carbocycles. The van der Waals surface area contributed by atoms with Crippen molar-refractivity contribution in [3.8, 4) is 33.6 Å². The molecule has 14 heteroatoms. The minimum Gasteiger partial charge on any atom is -0.453 e. The minimum atomic E-state index is -1.12. The zero-order valence-electron chi connectivity index (χ0n) is 33.1. The zero-order valence-corrected chi connectivity index (χ0v) is 33.1. The number of carbonyl (C=O) groups is 4. The Labute approximate surface area is 322 Å². The Kier molecular flexibility index (Phi) is 12.8. The molecule has 14 nitrogen and oxygen atoms in total. The van der Waals surface area contributed by atoms with E-state index >= 15 is 0 Å². The van der Waals surface area contributed by atoms with E-state index < -0.39 is 17.2 Å². The quantitative estimate of drug-likeness (QED) is 0.135. The van der Waals surface area contributed by atoms with Gasteiger partial charge in [0.05, 0.1) is 43.0 Å². The second-order valence-corrected chi connectivity index (χ2v) is 15.1. The topological polar surface area (TPSA) is 175 Å². The Morgan fingerprint density at radius 1 is 0.764 bits per heavy atom. The van der Waals surface area contributed by atoms with Crippen LogP contribution in [-0.4, -0.2) is 99.6 Å². The zero-order chi connectivity index (χ0) is 39.9. The Hall–Kier alpha value is -5.50. The fraction of sp³-hybridized carbons (Fsp3) is 0.463. The van der Waals surface area contributed by atoms with Gasteiger partial charge in [0.2, 0.25) is 18.2 Å². The fourth-order valence-corrected chi connectivity index (χ4v) is 7.15. The number of carbonyl (C=O) groups excluding carboxylic acids is 4. The Bertz CT molecular complexity index is 1940. The standard InChI is InChI=1S/C39H48N8O5.C2H6O/c1-24(2)39(5,45-37(51)52-6)36(50)47-20-8-10-32(47)34-41-22-30(44-34)28-17-13-26(14-18-28)25-11-15-27(16-12-25)29-21-40-33(43-29)31-9-7-19-46(31)35(49)38(3,4)42-23-48;1-3-2/h11-18,21-24,31-32H,7-10,19-20H2,1-6H3,(H,40,43)(H,41,44)(H,42,48)(H,45,51);1-2H3/t31-,32-,39?;/m0./s1. The molecule has 2 fully saturated rings. The number of rotatable bonds is 11. The molecule has 4 heterocycles. The van der Waals surface area contributed by atoms with Crippen LogP contribution in [0.15, 0.2) is 60.9 Å². The number of benzene rings is 2. The van der Waals surface area contributed by atoms with E-state index in [1.165, 1.54) is 7.11 Å². The number of aromatic amines is 2. The molecule has 4 N–H and O–H groups in total. The first kappa shape index (κ1) is 40.7. The Morgan fingerprint density at radius 2 is 1.18 bits per heavy atom. The highest BCUT2D eigenvalue weighted by atomic mass is 16.5. The van der Waals surface area contributed by atoms with Gasteiger partial charge in [-0.1, -0.05) is 62.4 Å². The fourth-order valence-electron chi connectivity index (χ4n) is 7.15. The van der Waals surface area contributed by atoms with Crippen molar-refractivity contribution in [3.05, 3.63) is 72.6 Å². The molecule has 55 heavy (non-hydrogen) atoms. The van der Waals surface area contributed by atoms with Crippen molar-refractivity contribution in [1.82, 2.24) is 40.4 Å². The van der Waals surface area contributed by atoms with Crippen LogP contribution in [0.1, 0.15) is 84.0 Å². The highest BCUT2D eigenvalue weighted by Gasteiger charge is 2.45. The maximum atomic E-state index is 13.8. The van der Waals surface area contributed by atoms with Gasteiger partial charge in [-0.2, -0.15) is 0 Å². The molecule has 2 aliphatic heterocycles. The molecule has 0 spiro atoms. The van der Waals surface area contributed by atoms with Gasteiger partial charge in [0.1, 0.15) is 22.7 Å². The number of H-pyrrole nitrogens is 2. The smallest absolute Gasteiger partial charge is 0.407 e. The average molecular weight is 755 g/mol. The van der Waals surface area contributed by atoms with Crippen LogP contribution in [0, 0.1) is 5.92 Å². The predicted molar refractivity (Wildman–Crippen MR) is 209 cm³/mol. The summed E-state index contributed by atoms with van der Waals surface area (Å²) in [6.07, 6.45) is 6.82. The Balaban J connectivity index is 0.00000187. The van der Waals surface area contributed by atoms with Crippen LogP contribution in [0.5, 0.6) is 0 Å². The van der Waals surface area contributed by atoms with Gasteiger partial charge in [-0.15, -0.1) is 0 Å². The summed E-state index contributed by atoms with van der Waals surface area (Å²) in [4.78, 5) is 70.0. The molecule has 294 valence electrons. The third kappa shape index (κ3) is 8.75. The van der Waals surface area contributed by atoms with E-state index in [-0.39, 0.29) is 29.8 Å². The molecule has 0 bridgehead atoms. The molecule has 3 atom stereocenters. The summed E-state index contributed by atoms with van der Waals surface area (Å²) in [5.41, 5.74) is 3.70. The normalized spacial score (nSPS) is 18.0. The van der Waals surface area contributed by atoms with Gasteiger partial charge < -0.3 is 39.9 Å². The van der Waals surface area contributed by atoms with Crippen molar-refractivity contribution in [2.24, 2.45) is 5.92 Å². The van der Waals surface area contributed by atoms with Crippen LogP contribution in [0.25, 0.3) is 33.6 Å². The van der Waals surface area contributed by atoms with Crippen LogP contribution in [-0.2, 0) is 23.9 Å². The summed E-state index contributed by atoms with van der Waals surface area (Å²) in [5.74, 6) is 1.02. The summed E-state index contributed by atoms with van der Waals surface area (Å²) in [6.45, 7) is 10.2. The van der Waals surface area contributed by atoms with Crippen molar-refractivity contribution < 1.29 is 28.7 Å². The third-order valence-corrected chi connectivity index (χ3v) is 10.7. The number of nitrogens with zero attached hydrogens (tertiary/aromatic N) is 4. The number of likely N-dealkylation sites (tertiary alicyclic amines) is 2. The highest BCUT2D eigenvalue weighted by molar-refractivity contribution is 5.90. The second-order valence-electron chi connectivity index (χ2n) is 15.1. The molecule has 2 aliphatic rings. The summed E-state index contributed by atoms with van der Waals surface area (Å²) in [6, 6.07) is 16.1. The van der Waals surface area contributed by atoms with Gasteiger partial charge in [-0.25, -0.2) is 14.8 Å². The first-order valence-corrected chi connectivity index (χ1v) is 18.7. The lowest BCUT2D eigenvalue weighted by atomic mass is 9.86. The lowest BCUT2D eigenvalue weighted by Crippen LogP contribution is -2.60. The lowest BCUT2D eigenvalue weighted by Gasteiger charge is -2.37. The van der Waals surface area contributed by atoms with Gasteiger partial charge in [0.15, 0.2) is 0 Å². The maximum Gasteiger partial charge on any atom is 0.407 e. The highest BCUT2D eigenvalue weighted by Crippen LogP contribution is 2.36. The molecule has 6 rings (SSSR count). The number of hydrogen-bond acceptors (Lipinski definition) is 8. The minimum absolute atomic E-state index is 0.128. The van der Waals surface area contributed by atoms with Crippen molar-refractivity contribution in [2.75, 3.05) is 34.4 Å². The number of imidazole rings is 2. The third-order valence-electron chi connectivity index (χ3n) is 10.7. The number of aromatic nitrogens is 4. The first-order valence-electron chi connectivity index (χ1n) is 18.7. The number of alkyl carbamates (subject to hydrolysis) is 1. The monoisotopic (exact) mass is 754 g/mol. The van der Waals surface area contributed by atoms with Gasteiger partial charge in [0, 0.05) is 27.3 Å². The molecule has 0 radical (unpaired) electrons. The van der Waals surface area contributed by atoms with E-state index in [1.54, 1.807) is 52.3 Å². The number of ether oxygens (including phenoxy) is 2. The SMILES string of the molecule is COC.COC(=O)NC(C)(C(=O)N1CCC[C@H]1c1ncc(-c2ccc(-c3ccc(-c4cnc([C@@H]5CCCN5C(=O)C(C)(C)NC=O)[nH]4)cc3)cc2)[nH]1)C(C)C. The van der Waals surface area contributed by atoms with E-state index in [0.29, 0.717) is 19.5 Å². The van der Waals surface area contributed by atoms with E-state index in [9.17, 15) is 19.2 Å². The molecule has 2 saturated heterocycles. The van der Waals surface area contributed by atoms with Gasteiger partial charge in [0.25, 0.3) is 0 Å². The van der Waals surface area contributed by atoms with Crippen LogP contribution in [0.4, 0.5) is 4.79 Å². The molecule has 4 amide bonds. The van der Waals surface area contributed by atoms with Crippen LogP contribution >= 0.6 is 0 Å². The molecule has 2 aromatic heterocycles. The van der Waals surface area contributed by atoms with Crippen molar-refractivity contribution >= 4 is 24.3 Å². The maximum absolute atomic E-state index is 13.8. The number of methoxy groups -OCH3 is 2. The largest absolute Gasteiger partial charge is 0.453 e. The molecule has 2 aromatic carbocycles. The first-order chi connectivity index (χ1) is 26.3. The number of hydrogen-bond donors (Lipinski definition) is 4. The van der Waals surface area contributed by atoms with Crippen LogP contribution in [0.2, 0.25) is 0 Å². The Morgan fingerprint density at radius 3 is 1.58 bits per heavy atom. The van der Waals surface area contributed by atoms with E-state index in [2.05, 4.69) is 83.8 Å². The summed E-state index contributed by atoms with van der Waals surface area (Å²) >= 11 is 0. The predicted octanol–water partition coefficient (Wildman–Crippen LogP) is 6.02. The van der Waals surface area contributed by atoms with E-state index in [0.717, 1.165) is 71.0 Å². The molecule has 0 aliphatic carbocycles. The number of amides is 4. The molecular weight excluding hydrogens is 701 g/mol. The van der Waals surface area contributed by atoms with Gasteiger partial charge in [-0.3, -0.25) is 14.4 Å². The van der Waals surface area contributed by atoms with Crippen LogP contribution in [0.3, 0.4) is 0 Å². The molecule has 4 aromatic rings. The second kappa shape index (κ2) is 17.3.